The summed E-state index contributed by atoms with van der Waals surface area (Å²) in [6.07, 6.45) is 0. The molecule has 0 radical (unpaired) electrons. The van der Waals surface area contributed by atoms with Crippen molar-refractivity contribution in [3.05, 3.63) is 59.2 Å². The highest BCUT2D eigenvalue weighted by atomic mass is 16.5. The number of rotatable bonds is 7. The smallest absolute Gasteiger partial charge is 0.338 e. The Morgan fingerprint density at radius 1 is 1.04 bits per heavy atom. The molecular weight excluding hydrogens is 308 g/mol. The lowest BCUT2D eigenvalue weighted by molar-refractivity contribution is 0.0522. The molecule has 0 spiro atoms. The SMILES string of the molecule is CCOC(=O)c1cc(OCc2ccccc2OC)ccc1C(C)=O. The van der Waals surface area contributed by atoms with Gasteiger partial charge in [0.1, 0.15) is 18.1 Å². The number of ether oxygens (including phenoxy) is 3. The minimum Gasteiger partial charge on any atom is -0.496 e. The summed E-state index contributed by atoms with van der Waals surface area (Å²) in [5, 5.41) is 0. The monoisotopic (exact) mass is 328 g/mol. The van der Waals surface area contributed by atoms with E-state index in [0.717, 1.165) is 11.3 Å². The predicted molar refractivity (Wildman–Crippen MR) is 89.7 cm³/mol. The highest BCUT2D eigenvalue weighted by Crippen LogP contribution is 2.23. The van der Waals surface area contributed by atoms with Crippen LogP contribution < -0.4 is 9.47 Å². The molecule has 2 aromatic carbocycles. The lowest BCUT2D eigenvalue weighted by Gasteiger charge is -2.12. The zero-order valence-electron chi connectivity index (χ0n) is 14.0. The van der Waals surface area contributed by atoms with Gasteiger partial charge in [0.25, 0.3) is 0 Å². The number of carbonyl (C=O) groups is 2. The average molecular weight is 328 g/mol. The summed E-state index contributed by atoms with van der Waals surface area (Å²) in [4.78, 5) is 23.7. The third-order valence-corrected chi connectivity index (χ3v) is 3.45. The summed E-state index contributed by atoms with van der Waals surface area (Å²) in [6.45, 7) is 3.65. The minimum absolute atomic E-state index is 0.200. The van der Waals surface area contributed by atoms with Gasteiger partial charge in [-0.2, -0.15) is 0 Å². The first-order valence-electron chi connectivity index (χ1n) is 7.63. The maximum atomic E-state index is 12.0. The molecule has 5 heteroatoms. The molecule has 0 bridgehead atoms. The Labute approximate surface area is 141 Å². The number of hydrogen-bond donors (Lipinski definition) is 0. The number of ketones is 1. The molecule has 0 unspecified atom stereocenters. The van der Waals surface area contributed by atoms with Crippen molar-refractivity contribution in [2.24, 2.45) is 0 Å². The van der Waals surface area contributed by atoms with E-state index in [1.54, 1.807) is 26.2 Å². The number of carbonyl (C=O) groups excluding carboxylic acids is 2. The normalized spacial score (nSPS) is 10.1. The maximum absolute atomic E-state index is 12.0. The van der Waals surface area contributed by atoms with Gasteiger partial charge in [-0.05, 0) is 38.1 Å². The number of hydrogen-bond acceptors (Lipinski definition) is 5. The molecule has 0 saturated carbocycles. The zero-order chi connectivity index (χ0) is 17.5. The molecule has 2 aromatic rings. The second-order valence-corrected chi connectivity index (χ2v) is 5.08. The van der Waals surface area contributed by atoms with Crippen molar-refractivity contribution in [2.75, 3.05) is 13.7 Å². The summed E-state index contributed by atoms with van der Waals surface area (Å²) in [7, 11) is 1.60. The van der Waals surface area contributed by atoms with E-state index in [1.165, 1.54) is 13.0 Å². The largest absolute Gasteiger partial charge is 0.496 e. The molecule has 0 aliphatic heterocycles. The van der Waals surface area contributed by atoms with Crippen LogP contribution in [0.2, 0.25) is 0 Å². The highest BCUT2D eigenvalue weighted by molar-refractivity contribution is 6.05. The molecule has 5 nitrogen and oxygen atoms in total. The predicted octanol–water partition coefficient (Wildman–Crippen LogP) is 3.65. The summed E-state index contributed by atoms with van der Waals surface area (Å²) in [6, 6.07) is 12.3. The standard InChI is InChI=1S/C19H20O5/c1-4-23-19(21)17-11-15(9-10-16(17)13(2)20)24-12-14-7-5-6-8-18(14)22-3/h5-11H,4,12H2,1-3H3. The first kappa shape index (κ1) is 17.5. The molecule has 2 rings (SSSR count). The summed E-state index contributed by atoms with van der Waals surface area (Å²) >= 11 is 0. The van der Waals surface area contributed by atoms with E-state index in [4.69, 9.17) is 14.2 Å². The lowest BCUT2D eigenvalue weighted by Crippen LogP contribution is -2.11. The topological polar surface area (TPSA) is 61.8 Å². The van der Waals surface area contributed by atoms with Gasteiger partial charge in [0.2, 0.25) is 0 Å². The van der Waals surface area contributed by atoms with Gasteiger partial charge < -0.3 is 14.2 Å². The molecule has 0 aromatic heterocycles. The van der Waals surface area contributed by atoms with Crippen molar-refractivity contribution in [1.29, 1.82) is 0 Å². The van der Waals surface area contributed by atoms with Crippen LogP contribution in [-0.2, 0) is 11.3 Å². The van der Waals surface area contributed by atoms with E-state index in [-0.39, 0.29) is 24.6 Å². The van der Waals surface area contributed by atoms with Crippen LogP contribution in [0.5, 0.6) is 11.5 Å². The number of Topliss-reactive ketones (excluding diaryl/α,β-unsaturated/α-hetero) is 1. The summed E-state index contributed by atoms with van der Waals surface area (Å²) in [5.74, 6) is 0.470. The average Bonchev–Trinajstić information content (AvgIpc) is 2.60. The molecule has 0 heterocycles. The fraction of sp³-hybridized carbons (Fsp3) is 0.263. The van der Waals surface area contributed by atoms with E-state index >= 15 is 0 Å². The van der Waals surface area contributed by atoms with Crippen LogP contribution >= 0.6 is 0 Å². The van der Waals surface area contributed by atoms with Gasteiger partial charge in [0, 0.05) is 11.1 Å². The molecular formula is C19H20O5. The number of para-hydroxylation sites is 1. The molecule has 0 amide bonds. The molecule has 126 valence electrons. The van der Waals surface area contributed by atoms with Crippen LogP contribution in [0.3, 0.4) is 0 Å². The molecule has 0 N–H and O–H groups in total. The van der Waals surface area contributed by atoms with Crippen LogP contribution in [0.1, 0.15) is 40.1 Å². The van der Waals surface area contributed by atoms with Crippen molar-refractivity contribution >= 4 is 11.8 Å². The number of esters is 1. The lowest BCUT2D eigenvalue weighted by atomic mass is 10.0. The first-order valence-corrected chi connectivity index (χ1v) is 7.63. The van der Waals surface area contributed by atoms with Crippen molar-refractivity contribution in [1.82, 2.24) is 0 Å². The number of methoxy groups -OCH3 is 1. The van der Waals surface area contributed by atoms with Crippen molar-refractivity contribution in [3.63, 3.8) is 0 Å². The van der Waals surface area contributed by atoms with Crippen LogP contribution in [0.15, 0.2) is 42.5 Å². The van der Waals surface area contributed by atoms with E-state index in [2.05, 4.69) is 0 Å². The third kappa shape index (κ3) is 4.13. The Kier molecular flexibility index (Phi) is 5.95. The van der Waals surface area contributed by atoms with Crippen LogP contribution in [-0.4, -0.2) is 25.5 Å². The first-order chi connectivity index (χ1) is 11.6. The van der Waals surface area contributed by atoms with Crippen LogP contribution in [0, 0.1) is 0 Å². The van der Waals surface area contributed by atoms with Crippen LogP contribution in [0.25, 0.3) is 0 Å². The van der Waals surface area contributed by atoms with E-state index < -0.39 is 5.97 Å². The molecule has 0 fully saturated rings. The number of benzene rings is 2. The van der Waals surface area contributed by atoms with Gasteiger partial charge in [-0.25, -0.2) is 4.79 Å². The van der Waals surface area contributed by atoms with Crippen molar-refractivity contribution in [3.8, 4) is 11.5 Å². The Morgan fingerprint density at radius 3 is 2.46 bits per heavy atom. The molecule has 0 aliphatic carbocycles. The maximum Gasteiger partial charge on any atom is 0.338 e. The van der Waals surface area contributed by atoms with Gasteiger partial charge in [0.05, 0.1) is 19.3 Å². The molecule has 0 atom stereocenters. The highest BCUT2D eigenvalue weighted by Gasteiger charge is 2.17. The van der Waals surface area contributed by atoms with Gasteiger partial charge in [-0.1, -0.05) is 18.2 Å². The van der Waals surface area contributed by atoms with Crippen LogP contribution in [0.4, 0.5) is 0 Å². The van der Waals surface area contributed by atoms with Gasteiger partial charge in [-0.15, -0.1) is 0 Å². The van der Waals surface area contributed by atoms with Gasteiger partial charge in [-0.3, -0.25) is 4.79 Å². The molecule has 24 heavy (non-hydrogen) atoms. The van der Waals surface area contributed by atoms with Gasteiger partial charge >= 0.3 is 5.97 Å². The van der Waals surface area contributed by atoms with Crippen molar-refractivity contribution < 1.29 is 23.8 Å². The Bertz CT molecular complexity index is 736. The zero-order valence-corrected chi connectivity index (χ0v) is 14.0. The fourth-order valence-corrected chi connectivity index (χ4v) is 2.28. The fourth-order valence-electron chi connectivity index (χ4n) is 2.28. The summed E-state index contributed by atoms with van der Waals surface area (Å²) < 4.78 is 16.0. The third-order valence-electron chi connectivity index (χ3n) is 3.45. The minimum atomic E-state index is -0.537. The summed E-state index contributed by atoms with van der Waals surface area (Å²) in [5.41, 5.74) is 1.41. The second kappa shape index (κ2) is 8.15. The van der Waals surface area contributed by atoms with E-state index in [9.17, 15) is 9.59 Å². The quantitative estimate of drug-likeness (QED) is 0.573. The second-order valence-electron chi connectivity index (χ2n) is 5.08. The van der Waals surface area contributed by atoms with Gasteiger partial charge in [0.15, 0.2) is 5.78 Å². The van der Waals surface area contributed by atoms with E-state index in [1.807, 2.05) is 24.3 Å². The Balaban J connectivity index is 2.23. The molecule has 0 saturated heterocycles. The Morgan fingerprint density at radius 2 is 1.79 bits per heavy atom. The molecule has 0 aliphatic rings. The Hall–Kier alpha value is -2.82. The van der Waals surface area contributed by atoms with Crippen molar-refractivity contribution in [2.45, 2.75) is 20.5 Å². The van der Waals surface area contributed by atoms with E-state index in [0.29, 0.717) is 11.3 Å².